The van der Waals surface area contributed by atoms with Gasteiger partial charge in [-0.15, -0.1) is 0 Å². The summed E-state index contributed by atoms with van der Waals surface area (Å²) < 4.78 is 0. The fraction of sp³-hybridized carbons (Fsp3) is 0.318. The summed E-state index contributed by atoms with van der Waals surface area (Å²) in [5.74, 6) is 2.49. The number of fused-ring (bicyclic) bond motifs is 2. The minimum Gasteiger partial charge on any atom is -0.397 e. The molecule has 0 aromatic heterocycles. The Hall–Kier alpha value is -2.26. The molecule has 4 atom stereocenters. The van der Waals surface area contributed by atoms with E-state index < -0.39 is 0 Å². The van der Waals surface area contributed by atoms with Gasteiger partial charge in [0.05, 0.1) is 11.4 Å². The molecular weight excluding hydrogens is 344 g/mol. The topological polar surface area (TPSA) is 55.1 Å². The number of allylic oxidation sites excluding steroid dienone is 1. The predicted octanol–water partition coefficient (Wildman–Crippen LogP) is 5.25. The molecule has 0 spiro atoms. The third-order valence-corrected chi connectivity index (χ3v) is 6.14. The van der Waals surface area contributed by atoms with Crippen LogP contribution in [-0.2, 0) is 4.79 Å². The van der Waals surface area contributed by atoms with Gasteiger partial charge in [0.2, 0.25) is 5.91 Å². The highest BCUT2D eigenvalue weighted by Crippen LogP contribution is 2.56. The van der Waals surface area contributed by atoms with E-state index in [-0.39, 0.29) is 5.91 Å². The van der Waals surface area contributed by atoms with Crippen LogP contribution in [-0.4, -0.2) is 5.91 Å². The smallest absolute Gasteiger partial charge is 0.248 e. The molecule has 2 saturated carbocycles. The van der Waals surface area contributed by atoms with Gasteiger partial charge < -0.3 is 11.1 Å². The Morgan fingerprint density at radius 3 is 2.58 bits per heavy atom. The van der Waals surface area contributed by atoms with Crippen LogP contribution in [0.25, 0.3) is 0 Å². The Labute approximate surface area is 159 Å². The van der Waals surface area contributed by atoms with E-state index >= 15 is 0 Å². The first-order valence-electron chi connectivity index (χ1n) is 9.19. The van der Waals surface area contributed by atoms with Crippen molar-refractivity contribution in [2.75, 3.05) is 11.1 Å². The first-order chi connectivity index (χ1) is 12.6. The van der Waals surface area contributed by atoms with Gasteiger partial charge in [-0.1, -0.05) is 48.0 Å². The molecule has 2 aliphatic carbocycles. The molecule has 3 N–H and O–H groups in total. The summed E-state index contributed by atoms with van der Waals surface area (Å²) in [4.78, 5) is 12.2. The van der Waals surface area contributed by atoms with Gasteiger partial charge in [-0.3, -0.25) is 4.79 Å². The van der Waals surface area contributed by atoms with Gasteiger partial charge in [0.1, 0.15) is 0 Å². The van der Waals surface area contributed by atoms with Crippen molar-refractivity contribution >= 4 is 28.9 Å². The number of hydrogen-bond donors (Lipinski definition) is 2. The maximum absolute atomic E-state index is 12.2. The molecule has 0 saturated heterocycles. The monoisotopic (exact) mass is 366 g/mol. The lowest BCUT2D eigenvalue weighted by Gasteiger charge is -2.26. The fourth-order valence-corrected chi connectivity index (χ4v) is 4.88. The number of nitrogens with two attached hydrogens (primary N) is 1. The summed E-state index contributed by atoms with van der Waals surface area (Å²) in [6.45, 7) is 0. The Morgan fingerprint density at radius 2 is 1.88 bits per heavy atom. The summed E-state index contributed by atoms with van der Waals surface area (Å²) >= 11 is 5.89. The van der Waals surface area contributed by atoms with Crippen LogP contribution >= 0.6 is 11.6 Å². The van der Waals surface area contributed by atoms with Crippen molar-refractivity contribution in [3.05, 3.63) is 71.3 Å². The van der Waals surface area contributed by atoms with Crippen molar-refractivity contribution in [2.45, 2.75) is 25.2 Å². The normalized spacial score (nSPS) is 27.1. The van der Waals surface area contributed by atoms with E-state index in [9.17, 15) is 4.79 Å². The van der Waals surface area contributed by atoms with Crippen molar-refractivity contribution in [1.82, 2.24) is 0 Å². The van der Waals surface area contributed by atoms with Gasteiger partial charge in [-0.05, 0) is 72.8 Å². The second kappa shape index (κ2) is 7.16. The summed E-state index contributed by atoms with van der Waals surface area (Å²) in [5.41, 5.74) is 8.43. The van der Waals surface area contributed by atoms with Crippen LogP contribution in [0.4, 0.5) is 11.4 Å². The van der Waals surface area contributed by atoms with Crippen LogP contribution in [0.1, 0.15) is 30.7 Å². The third kappa shape index (κ3) is 3.49. The third-order valence-electron chi connectivity index (χ3n) is 5.91. The molecule has 2 aromatic carbocycles. The number of halogens is 1. The van der Waals surface area contributed by atoms with Crippen LogP contribution in [0, 0.1) is 17.8 Å². The number of carbonyl (C=O) groups is 1. The molecule has 4 unspecified atom stereocenters. The van der Waals surface area contributed by atoms with E-state index in [0.29, 0.717) is 34.2 Å². The summed E-state index contributed by atoms with van der Waals surface area (Å²) in [5, 5.41) is 3.39. The van der Waals surface area contributed by atoms with E-state index in [1.165, 1.54) is 24.8 Å². The molecule has 4 heteroatoms. The van der Waals surface area contributed by atoms with Crippen molar-refractivity contribution in [3.63, 3.8) is 0 Å². The molecule has 2 fully saturated rings. The molecule has 0 aliphatic heterocycles. The number of nitrogen functional groups attached to an aromatic ring is 1. The van der Waals surface area contributed by atoms with Crippen molar-refractivity contribution in [1.29, 1.82) is 0 Å². The lowest BCUT2D eigenvalue weighted by Crippen LogP contribution is -2.16. The lowest BCUT2D eigenvalue weighted by molar-refractivity contribution is -0.111. The molecule has 2 aliphatic rings. The van der Waals surface area contributed by atoms with Gasteiger partial charge in [0, 0.05) is 5.02 Å². The average Bonchev–Trinajstić information content (AvgIpc) is 3.23. The van der Waals surface area contributed by atoms with E-state index in [4.69, 9.17) is 17.3 Å². The molecule has 2 bridgehead atoms. The van der Waals surface area contributed by atoms with Crippen LogP contribution in [0.15, 0.2) is 60.7 Å². The highest BCUT2D eigenvalue weighted by molar-refractivity contribution is 6.31. The molecule has 3 nitrogen and oxygen atoms in total. The van der Waals surface area contributed by atoms with Crippen LogP contribution in [0.3, 0.4) is 0 Å². The molecule has 134 valence electrons. The quantitative estimate of drug-likeness (QED) is 0.573. The number of benzene rings is 2. The van der Waals surface area contributed by atoms with E-state index in [1.807, 2.05) is 0 Å². The van der Waals surface area contributed by atoms with E-state index in [0.717, 1.165) is 5.92 Å². The minimum atomic E-state index is -0.138. The van der Waals surface area contributed by atoms with Gasteiger partial charge >= 0.3 is 0 Å². The molecular formula is C22H23ClN2O. The van der Waals surface area contributed by atoms with Gasteiger partial charge in [-0.2, -0.15) is 0 Å². The largest absolute Gasteiger partial charge is 0.397 e. The number of anilines is 2. The second-order valence-corrected chi connectivity index (χ2v) is 7.92. The van der Waals surface area contributed by atoms with Crippen LogP contribution < -0.4 is 11.1 Å². The van der Waals surface area contributed by atoms with Crippen molar-refractivity contribution < 1.29 is 4.79 Å². The van der Waals surface area contributed by atoms with Crippen molar-refractivity contribution in [3.8, 4) is 0 Å². The molecule has 0 radical (unpaired) electrons. The first-order valence-corrected chi connectivity index (χ1v) is 9.57. The number of hydrogen-bond acceptors (Lipinski definition) is 2. The number of amides is 1. The molecule has 2 aromatic rings. The highest BCUT2D eigenvalue weighted by Gasteiger charge is 2.45. The highest BCUT2D eigenvalue weighted by atomic mass is 35.5. The molecule has 4 rings (SSSR count). The zero-order valence-electron chi connectivity index (χ0n) is 14.6. The zero-order chi connectivity index (χ0) is 18.1. The maximum Gasteiger partial charge on any atom is 0.248 e. The maximum atomic E-state index is 12.2. The van der Waals surface area contributed by atoms with Crippen LogP contribution in [0.5, 0.6) is 0 Å². The number of nitrogens with one attached hydrogen (secondary N) is 1. The molecule has 0 heterocycles. The zero-order valence-corrected chi connectivity index (χ0v) is 15.3. The van der Waals surface area contributed by atoms with E-state index in [1.54, 1.807) is 24.3 Å². The number of carbonyl (C=O) groups excluding carboxylic acids is 1. The van der Waals surface area contributed by atoms with Crippen LogP contribution in [0.2, 0.25) is 5.02 Å². The Balaban J connectivity index is 1.35. The number of rotatable bonds is 4. The SMILES string of the molecule is Nc1cc(Cl)ccc1NC(=O)/C=C/C1CC2CC1CC2c1ccccc1. The average molecular weight is 367 g/mol. The standard InChI is InChI=1S/C22H23ClN2O/c23-18-7-8-21(20(24)13-18)25-22(26)9-6-15-10-17-11-16(15)12-19(17)14-4-2-1-3-5-14/h1-9,13,15-17,19H,10-12,24H2,(H,25,26)/b9-6+. The van der Waals surface area contributed by atoms with Crippen molar-refractivity contribution in [2.24, 2.45) is 17.8 Å². The predicted molar refractivity (Wildman–Crippen MR) is 107 cm³/mol. The van der Waals surface area contributed by atoms with Gasteiger partial charge in [-0.25, -0.2) is 0 Å². The Bertz CT molecular complexity index is 833. The van der Waals surface area contributed by atoms with Gasteiger partial charge in [0.15, 0.2) is 0 Å². The minimum absolute atomic E-state index is 0.138. The Kier molecular flexibility index (Phi) is 4.73. The summed E-state index contributed by atoms with van der Waals surface area (Å²) in [6, 6.07) is 15.9. The fourth-order valence-electron chi connectivity index (χ4n) is 4.70. The summed E-state index contributed by atoms with van der Waals surface area (Å²) in [6.07, 6.45) is 7.44. The second-order valence-electron chi connectivity index (χ2n) is 7.49. The molecule has 26 heavy (non-hydrogen) atoms. The van der Waals surface area contributed by atoms with E-state index in [2.05, 4.69) is 41.7 Å². The molecule has 1 amide bonds. The van der Waals surface area contributed by atoms with Gasteiger partial charge in [0.25, 0.3) is 0 Å². The Morgan fingerprint density at radius 1 is 1.08 bits per heavy atom. The summed E-state index contributed by atoms with van der Waals surface area (Å²) in [7, 11) is 0. The first kappa shape index (κ1) is 17.2. The lowest BCUT2D eigenvalue weighted by atomic mass is 9.78.